The minimum atomic E-state index is -1.67. The van der Waals surface area contributed by atoms with Crippen molar-refractivity contribution < 1.29 is 20.1 Å². The molecule has 2 atom stereocenters. The van der Waals surface area contributed by atoms with Gasteiger partial charge >= 0.3 is 0 Å². The monoisotopic (exact) mass is 162 g/mol. The van der Waals surface area contributed by atoms with E-state index in [-0.39, 0.29) is 6.42 Å². The third-order valence-electron chi connectivity index (χ3n) is 1.78. The van der Waals surface area contributed by atoms with Crippen LogP contribution in [-0.2, 0) is 4.79 Å². The van der Waals surface area contributed by atoms with Crippen LogP contribution < -0.4 is 0 Å². The van der Waals surface area contributed by atoms with Gasteiger partial charge in [0, 0.05) is 0 Å². The molecule has 0 bridgehead atoms. The molecule has 0 aliphatic rings. The van der Waals surface area contributed by atoms with Gasteiger partial charge in [-0.3, -0.25) is 4.79 Å². The molecule has 0 aromatic rings. The summed E-state index contributed by atoms with van der Waals surface area (Å²) in [5, 5.41) is 27.1. The molecule has 4 heteroatoms. The van der Waals surface area contributed by atoms with Gasteiger partial charge in [0.2, 0.25) is 0 Å². The van der Waals surface area contributed by atoms with Crippen molar-refractivity contribution in [1.82, 2.24) is 0 Å². The van der Waals surface area contributed by atoms with Crippen molar-refractivity contribution in [1.29, 1.82) is 0 Å². The summed E-state index contributed by atoms with van der Waals surface area (Å²) in [6.45, 7) is 2.15. The van der Waals surface area contributed by atoms with E-state index in [4.69, 9.17) is 10.2 Å². The number of carbonyl (C=O) groups is 1. The molecule has 0 rings (SSSR count). The number of carbonyl (C=O) groups excluding carboxylic acids is 1. The van der Waals surface area contributed by atoms with Crippen molar-refractivity contribution in [2.45, 2.75) is 32.0 Å². The van der Waals surface area contributed by atoms with E-state index in [2.05, 4.69) is 0 Å². The molecule has 0 heterocycles. The number of aliphatic hydroxyl groups is 3. The van der Waals surface area contributed by atoms with Gasteiger partial charge in [0.15, 0.2) is 5.78 Å². The minimum Gasteiger partial charge on any atom is -0.393 e. The summed E-state index contributed by atoms with van der Waals surface area (Å²) in [7, 11) is 0. The van der Waals surface area contributed by atoms with Gasteiger partial charge in [0.1, 0.15) is 11.7 Å². The van der Waals surface area contributed by atoms with Crippen molar-refractivity contribution in [3.8, 4) is 0 Å². The first kappa shape index (κ1) is 10.6. The number of Topliss-reactive ketones (excluding diaryl/α,β-unsaturated/α-hetero) is 1. The molecule has 0 saturated carbocycles. The van der Waals surface area contributed by atoms with Crippen LogP contribution in [0.25, 0.3) is 0 Å². The maximum Gasteiger partial charge on any atom is 0.161 e. The van der Waals surface area contributed by atoms with Crippen molar-refractivity contribution in [3.63, 3.8) is 0 Å². The van der Waals surface area contributed by atoms with Crippen LogP contribution in [0.3, 0.4) is 0 Å². The van der Waals surface area contributed by atoms with Crippen LogP contribution in [0.5, 0.6) is 0 Å². The number of aliphatic hydroxyl groups excluding tert-OH is 2. The lowest BCUT2D eigenvalue weighted by atomic mass is 9.92. The Morgan fingerprint density at radius 3 is 2.18 bits per heavy atom. The zero-order valence-electron chi connectivity index (χ0n) is 6.74. The highest BCUT2D eigenvalue weighted by Crippen LogP contribution is 2.14. The number of ketones is 1. The highest BCUT2D eigenvalue weighted by Gasteiger charge is 2.35. The zero-order chi connectivity index (χ0) is 9.07. The van der Waals surface area contributed by atoms with Gasteiger partial charge in [-0.1, -0.05) is 6.92 Å². The number of hydrogen-bond acceptors (Lipinski definition) is 4. The summed E-state index contributed by atoms with van der Waals surface area (Å²) in [6, 6.07) is 0. The normalized spacial score (nSPS) is 19.0. The second-order valence-electron chi connectivity index (χ2n) is 2.63. The molecule has 0 aromatic carbocycles. The van der Waals surface area contributed by atoms with Crippen LogP contribution in [0.15, 0.2) is 0 Å². The molecule has 2 unspecified atom stereocenters. The predicted molar refractivity (Wildman–Crippen MR) is 39.0 cm³/mol. The first-order valence-electron chi connectivity index (χ1n) is 3.49. The lowest BCUT2D eigenvalue weighted by molar-refractivity contribution is -0.148. The largest absolute Gasteiger partial charge is 0.393 e. The molecule has 0 saturated heterocycles. The van der Waals surface area contributed by atoms with E-state index in [0.717, 1.165) is 0 Å². The summed E-state index contributed by atoms with van der Waals surface area (Å²) in [5.41, 5.74) is -1.67. The summed E-state index contributed by atoms with van der Waals surface area (Å²) < 4.78 is 0. The third kappa shape index (κ3) is 2.25. The van der Waals surface area contributed by atoms with Gasteiger partial charge in [-0.05, 0) is 13.3 Å². The van der Waals surface area contributed by atoms with Gasteiger partial charge in [0.25, 0.3) is 0 Å². The smallest absolute Gasteiger partial charge is 0.161 e. The Morgan fingerprint density at radius 2 is 2.09 bits per heavy atom. The first-order chi connectivity index (χ1) is 4.98. The molecule has 0 radical (unpaired) electrons. The van der Waals surface area contributed by atoms with Crippen molar-refractivity contribution in [2.75, 3.05) is 6.61 Å². The predicted octanol–water partition coefficient (Wildman–Crippen LogP) is -0.930. The van der Waals surface area contributed by atoms with E-state index in [1.807, 2.05) is 0 Å². The maximum absolute atomic E-state index is 10.6. The zero-order valence-corrected chi connectivity index (χ0v) is 6.74. The highest BCUT2D eigenvalue weighted by atomic mass is 16.4. The number of rotatable bonds is 4. The molecule has 0 aromatic heterocycles. The first-order valence-corrected chi connectivity index (χ1v) is 3.49. The van der Waals surface area contributed by atoms with Crippen LogP contribution in [0, 0.1) is 0 Å². The van der Waals surface area contributed by atoms with E-state index in [0.29, 0.717) is 0 Å². The van der Waals surface area contributed by atoms with Gasteiger partial charge in [0.05, 0.1) is 6.61 Å². The van der Waals surface area contributed by atoms with E-state index < -0.39 is 24.1 Å². The second-order valence-corrected chi connectivity index (χ2v) is 2.63. The Morgan fingerprint density at radius 1 is 1.64 bits per heavy atom. The van der Waals surface area contributed by atoms with Crippen molar-refractivity contribution in [3.05, 3.63) is 0 Å². The van der Waals surface area contributed by atoms with Crippen molar-refractivity contribution in [2.24, 2.45) is 0 Å². The fourth-order valence-electron chi connectivity index (χ4n) is 0.770. The second kappa shape index (κ2) is 3.80. The SMILES string of the molecule is CCC(O)(CO)C(O)C(C)=O. The molecule has 0 aliphatic heterocycles. The molecule has 3 N–H and O–H groups in total. The van der Waals surface area contributed by atoms with Crippen LogP contribution in [-0.4, -0.2) is 39.4 Å². The Hall–Kier alpha value is -0.450. The Bertz CT molecular complexity index is 139. The highest BCUT2D eigenvalue weighted by molar-refractivity contribution is 5.81. The van der Waals surface area contributed by atoms with Gasteiger partial charge < -0.3 is 15.3 Å². The molecular weight excluding hydrogens is 148 g/mol. The molecule has 11 heavy (non-hydrogen) atoms. The summed E-state index contributed by atoms with van der Waals surface area (Å²) >= 11 is 0. The average molecular weight is 162 g/mol. The quantitative estimate of drug-likeness (QED) is 0.499. The lowest BCUT2D eigenvalue weighted by Gasteiger charge is -2.27. The minimum absolute atomic E-state index is 0.143. The standard InChI is InChI=1S/C7H14O4/c1-3-7(11,4-8)6(10)5(2)9/h6,8,10-11H,3-4H2,1-2H3. The summed E-state index contributed by atoms with van der Waals surface area (Å²) in [6.07, 6.45) is -1.35. The van der Waals surface area contributed by atoms with Crippen LogP contribution in [0.4, 0.5) is 0 Å². The summed E-state index contributed by atoms with van der Waals surface area (Å²) in [5.74, 6) is -0.539. The van der Waals surface area contributed by atoms with E-state index in [9.17, 15) is 9.90 Å². The molecule has 0 aliphatic carbocycles. The fourth-order valence-corrected chi connectivity index (χ4v) is 0.770. The Kier molecular flexibility index (Phi) is 3.65. The maximum atomic E-state index is 10.6. The average Bonchev–Trinajstić information content (AvgIpc) is 2.01. The molecular formula is C7H14O4. The lowest BCUT2D eigenvalue weighted by Crippen LogP contribution is -2.48. The fraction of sp³-hybridized carbons (Fsp3) is 0.857. The summed E-state index contributed by atoms with van der Waals surface area (Å²) in [4.78, 5) is 10.6. The van der Waals surface area contributed by atoms with E-state index in [1.165, 1.54) is 6.92 Å². The van der Waals surface area contributed by atoms with E-state index in [1.54, 1.807) is 6.92 Å². The van der Waals surface area contributed by atoms with Gasteiger partial charge in [-0.25, -0.2) is 0 Å². The van der Waals surface area contributed by atoms with Gasteiger partial charge in [-0.2, -0.15) is 0 Å². The molecule has 0 amide bonds. The van der Waals surface area contributed by atoms with Crippen LogP contribution in [0.2, 0.25) is 0 Å². The van der Waals surface area contributed by atoms with Crippen LogP contribution in [0.1, 0.15) is 20.3 Å². The topological polar surface area (TPSA) is 77.8 Å². The third-order valence-corrected chi connectivity index (χ3v) is 1.78. The Balaban J connectivity index is 4.36. The molecule has 4 nitrogen and oxygen atoms in total. The van der Waals surface area contributed by atoms with Crippen LogP contribution >= 0.6 is 0 Å². The Labute approximate surface area is 65.5 Å². The van der Waals surface area contributed by atoms with Crippen molar-refractivity contribution >= 4 is 5.78 Å². The molecule has 0 spiro atoms. The molecule has 66 valence electrons. The number of hydrogen-bond donors (Lipinski definition) is 3. The van der Waals surface area contributed by atoms with Gasteiger partial charge in [-0.15, -0.1) is 0 Å². The molecule has 0 fully saturated rings. The van der Waals surface area contributed by atoms with E-state index >= 15 is 0 Å².